The van der Waals surface area contributed by atoms with Crippen LogP contribution in [-0.4, -0.2) is 31.9 Å². The van der Waals surface area contributed by atoms with Gasteiger partial charge in [0.05, 0.1) is 12.0 Å². The van der Waals surface area contributed by atoms with Crippen LogP contribution in [0.1, 0.15) is 30.5 Å². The molecule has 1 N–H and O–H groups in total. The number of thiophene rings is 1. The molecule has 174 valence electrons. The van der Waals surface area contributed by atoms with E-state index in [1.54, 1.807) is 24.3 Å². The molecular formula is C23H20F3NO5S. The topological polar surface area (TPSA) is 73.9 Å². The van der Waals surface area contributed by atoms with Crippen LogP contribution in [0.3, 0.4) is 0 Å². The number of halogens is 3. The lowest BCUT2D eigenvalue weighted by molar-refractivity contribution is -0.274. The summed E-state index contributed by atoms with van der Waals surface area (Å²) in [4.78, 5) is 24.4. The molecule has 0 aliphatic heterocycles. The van der Waals surface area contributed by atoms with Gasteiger partial charge in [-0.05, 0) is 53.9 Å². The number of rotatable bonds is 9. The monoisotopic (exact) mass is 479 g/mol. The number of amides is 1. The summed E-state index contributed by atoms with van der Waals surface area (Å²) >= 11 is 1.07. The Bertz CT molecular complexity index is 1080. The minimum Gasteiger partial charge on any atom is -0.489 e. The molecule has 3 rings (SSSR count). The summed E-state index contributed by atoms with van der Waals surface area (Å²) in [6, 6.07) is 15.9. The molecule has 2 aromatic carbocycles. The van der Waals surface area contributed by atoms with Gasteiger partial charge in [0.15, 0.2) is 0 Å². The molecule has 1 heterocycles. The van der Waals surface area contributed by atoms with E-state index < -0.39 is 12.3 Å². The lowest BCUT2D eigenvalue weighted by Crippen LogP contribution is -2.24. The van der Waals surface area contributed by atoms with Crippen LogP contribution in [0.5, 0.6) is 11.5 Å². The van der Waals surface area contributed by atoms with E-state index in [1.807, 2.05) is 12.1 Å². The molecule has 0 fully saturated rings. The van der Waals surface area contributed by atoms with Gasteiger partial charge in [-0.2, -0.15) is 0 Å². The maximum absolute atomic E-state index is 12.2. The summed E-state index contributed by atoms with van der Waals surface area (Å²) in [5.74, 6) is -0.423. The number of alkyl halides is 3. The molecule has 10 heteroatoms. The molecule has 0 saturated carbocycles. The second-order valence-electron chi connectivity index (χ2n) is 6.79. The van der Waals surface area contributed by atoms with Crippen LogP contribution in [0, 0.1) is 0 Å². The highest BCUT2D eigenvalue weighted by atomic mass is 32.1. The Morgan fingerprint density at radius 1 is 0.879 bits per heavy atom. The molecule has 3 aromatic rings. The third kappa shape index (κ3) is 7.53. The Morgan fingerprint density at radius 2 is 1.48 bits per heavy atom. The maximum Gasteiger partial charge on any atom is 0.573 e. The molecule has 0 spiro atoms. The Balaban J connectivity index is 1.42. The first-order valence-electron chi connectivity index (χ1n) is 9.76. The van der Waals surface area contributed by atoms with Crippen LogP contribution in [0.25, 0.3) is 0 Å². The highest BCUT2D eigenvalue weighted by Gasteiger charge is 2.30. The fourth-order valence-electron chi connectivity index (χ4n) is 2.78. The van der Waals surface area contributed by atoms with Crippen LogP contribution in [0.4, 0.5) is 13.2 Å². The predicted molar refractivity (Wildman–Crippen MR) is 116 cm³/mol. The van der Waals surface area contributed by atoms with Crippen molar-refractivity contribution in [3.05, 3.63) is 81.5 Å². The highest BCUT2D eigenvalue weighted by Crippen LogP contribution is 2.23. The van der Waals surface area contributed by atoms with E-state index in [-0.39, 0.29) is 18.3 Å². The summed E-state index contributed by atoms with van der Waals surface area (Å²) in [7, 11) is 1.28. The summed E-state index contributed by atoms with van der Waals surface area (Å²) in [6.07, 6.45) is -4.12. The SMILES string of the molecule is COC(=O)c1ccc(C(=O)NCCc2ccc(OCc3ccc(OC(F)(F)F)cc3)cc2)s1. The number of esters is 1. The van der Waals surface area contributed by atoms with Crippen molar-refractivity contribution in [3.8, 4) is 11.5 Å². The lowest BCUT2D eigenvalue weighted by Gasteiger charge is -2.10. The van der Waals surface area contributed by atoms with Gasteiger partial charge in [-0.25, -0.2) is 4.79 Å². The van der Waals surface area contributed by atoms with Crippen molar-refractivity contribution in [1.29, 1.82) is 0 Å². The molecule has 0 unspecified atom stereocenters. The number of carbonyl (C=O) groups excluding carboxylic acids is 2. The van der Waals surface area contributed by atoms with Crippen LogP contribution >= 0.6 is 11.3 Å². The normalized spacial score (nSPS) is 11.0. The Morgan fingerprint density at radius 3 is 2.12 bits per heavy atom. The van der Waals surface area contributed by atoms with Gasteiger partial charge in [-0.1, -0.05) is 24.3 Å². The van der Waals surface area contributed by atoms with Gasteiger partial charge in [-0.3, -0.25) is 4.79 Å². The van der Waals surface area contributed by atoms with Crippen molar-refractivity contribution in [1.82, 2.24) is 5.32 Å². The van der Waals surface area contributed by atoms with Crippen LogP contribution < -0.4 is 14.8 Å². The molecule has 0 radical (unpaired) electrons. The standard InChI is InChI=1S/C23H20F3NO5S/c1-30-22(29)20-11-10-19(33-20)21(28)27-13-12-15-2-6-17(7-3-15)31-14-16-4-8-18(9-5-16)32-23(24,25)26/h2-11H,12-14H2,1H3,(H,27,28). The van der Waals surface area contributed by atoms with E-state index in [9.17, 15) is 22.8 Å². The van der Waals surface area contributed by atoms with E-state index >= 15 is 0 Å². The van der Waals surface area contributed by atoms with Gasteiger partial charge in [0.2, 0.25) is 0 Å². The third-order valence-electron chi connectivity index (χ3n) is 4.40. The summed E-state index contributed by atoms with van der Waals surface area (Å²) < 4.78 is 50.7. The van der Waals surface area contributed by atoms with Gasteiger partial charge in [0.1, 0.15) is 23.0 Å². The second kappa shape index (κ2) is 10.9. The quantitative estimate of drug-likeness (QED) is 0.438. The number of methoxy groups -OCH3 is 1. The van der Waals surface area contributed by atoms with Crippen molar-refractivity contribution >= 4 is 23.2 Å². The average Bonchev–Trinajstić information content (AvgIpc) is 3.28. The number of hydrogen-bond donors (Lipinski definition) is 1. The molecule has 0 saturated heterocycles. The smallest absolute Gasteiger partial charge is 0.489 e. The van der Waals surface area contributed by atoms with Crippen molar-refractivity contribution < 1.29 is 37.0 Å². The minimum absolute atomic E-state index is 0.191. The van der Waals surface area contributed by atoms with E-state index in [1.165, 1.54) is 31.4 Å². The predicted octanol–water partition coefficient (Wildman–Crippen LogP) is 4.98. The van der Waals surface area contributed by atoms with Crippen molar-refractivity contribution in [2.24, 2.45) is 0 Å². The van der Waals surface area contributed by atoms with Gasteiger partial charge in [0, 0.05) is 6.54 Å². The highest BCUT2D eigenvalue weighted by molar-refractivity contribution is 7.15. The van der Waals surface area contributed by atoms with Crippen molar-refractivity contribution in [3.63, 3.8) is 0 Å². The Kier molecular flexibility index (Phi) is 7.94. The van der Waals surface area contributed by atoms with Gasteiger partial charge >= 0.3 is 12.3 Å². The van der Waals surface area contributed by atoms with Crippen molar-refractivity contribution in [2.75, 3.05) is 13.7 Å². The zero-order valence-electron chi connectivity index (χ0n) is 17.5. The minimum atomic E-state index is -4.72. The molecule has 0 atom stereocenters. The largest absolute Gasteiger partial charge is 0.573 e. The third-order valence-corrected chi connectivity index (χ3v) is 5.47. The first-order valence-corrected chi connectivity index (χ1v) is 10.6. The summed E-state index contributed by atoms with van der Waals surface area (Å²) in [5.41, 5.74) is 1.68. The maximum atomic E-state index is 12.2. The molecular weight excluding hydrogens is 459 g/mol. The lowest BCUT2D eigenvalue weighted by atomic mass is 10.1. The first-order chi connectivity index (χ1) is 15.7. The second-order valence-corrected chi connectivity index (χ2v) is 7.87. The zero-order valence-corrected chi connectivity index (χ0v) is 18.3. The molecule has 6 nitrogen and oxygen atoms in total. The Labute approximate surface area is 191 Å². The number of nitrogens with one attached hydrogen (secondary N) is 1. The molecule has 0 aliphatic rings. The average molecular weight is 479 g/mol. The summed E-state index contributed by atoms with van der Waals surface area (Å²) in [6.45, 7) is 0.604. The molecule has 33 heavy (non-hydrogen) atoms. The molecule has 0 aliphatic carbocycles. The molecule has 1 aromatic heterocycles. The Hall–Kier alpha value is -3.53. The fourth-order valence-corrected chi connectivity index (χ4v) is 3.62. The number of hydrogen-bond acceptors (Lipinski definition) is 6. The van der Waals surface area contributed by atoms with Gasteiger partial charge in [-0.15, -0.1) is 24.5 Å². The van der Waals surface area contributed by atoms with Gasteiger partial charge in [0.25, 0.3) is 5.91 Å². The van der Waals surface area contributed by atoms with E-state index in [0.717, 1.165) is 16.9 Å². The number of benzene rings is 2. The number of ether oxygens (including phenoxy) is 3. The first kappa shape index (κ1) is 24.1. The zero-order chi connectivity index (χ0) is 23.8. The molecule has 1 amide bonds. The summed E-state index contributed by atoms with van der Waals surface area (Å²) in [5, 5.41) is 2.81. The fraction of sp³-hybridized carbons (Fsp3) is 0.217. The van der Waals surface area contributed by atoms with Crippen LogP contribution in [0.15, 0.2) is 60.7 Å². The number of carbonyl (C=O) groups is 2. The van der Waals surface area contributed by atoms with E-state index in [4.69, 9.17) is 4.74 Å². The van der Waals surface area contributed by atoms with Crippen LogP contribution in [0.2, 0.25) is 0 Å². The van der Waals surface area contributed by atoms with Gasteiger partial charge < -0.3 is 19.5 Å². The van der Waals surface area contributed by atoms with E-state index in [0.29, 0.717) is 34.0 Å². The van der Waals surface area contributed by atoms with Crippen LogP contribution in [-0.2, 0) is 17.8 Å². The van der Waals surface area contributed by atoms with E-state index in [2.05, 4.69) is 14.8 Å². The van der Waals surface area contributed by atoms with Crippen molar-refractivity contribution in [2.45, 2.75) is 19.4 Å². The molecule has 0 bridgehead atoms.